The maximum absolute atomic E-state index is 12.1. The SMILES string of the molecule is Cc1ccccc1CSCC(=O)NNC(=O)[C@H]1COc2ccccc2O1. The van der Waals surface area contributed by atoms with E-state index >= 15 is 0 Å². The molecule has 6 nitrogen and oxygen atoms in total. The molecular formula is C19H20N2O4S. The molecule has 1 atom stereocenters. The molecule has 2 N–H and O–H groups in total. The normalized spacial score (nSPS) is 15.2. The molecular weight excluding hydrogens is 352 g/mol. The first-order valence-corrected chi connectivity index (χ1v) is 9.38. The average molecular weight is 372 g/mol. The number of hydrogen-bond donors (Lipinski definition) is 2. The number of ether oxygens (including phenoxy) is 2. The summed E-state index contributed by atoms with van der Waals surface area (Å²) in [7, 11) is 0. The van der Waals surface area contributed by atoms with Gasteiger partial charge in [-0.1, -0.05) is 36.4 Å². The molecule has 2 aromatic rings. The highest BCUT2D eigenvalue weighted by Crippen LogP contribution is 2.30. The summed E-state index contributed by atoms with van der Waals surface area (Å²) in [5, 5.41) is 0. The zero-order valence-electron chi connectivity index (χ0n) is 14.4. The third-order valence-electron chi connectivity index (χ3n) is 3.88. The van der Waals surface area contributed by atoms with Crippen molar-refractivity contribution in [3.8, 4) is 11.5 Å². The number of carbonyl (C=O) groups is 2. The summed E-state index contributed by atoms with van der Waals surface area (Å²) in [6.07, 6.45) is -0.801. The second kappa shape index (κ2) is 8.62. The Kier molecular flexibility index (Phi) is 6.01. The van der Waals surface area contributed by atoms with Crippen molar-refractivity contribution < 1.29 is 19.1 Å². The molecule has 3 rings (SSSR count). The van der Waals surface area contributed by atoms with E-state index in [-0.39, 0.29) is 18.3 Å². The van der Waals surface area contributed by atoms with Crippen molar-refractivity contribution in [1.29, 1.82) is 0 Å². The Labute approximate surface area is 156 Å². The standard InChI is InChI=1S/C19H20N2O4S/c1-13-6-2-3-7-14(13)11-26-12-18(22)20-21-19(23)17-10-24-15-8-4-5-9-16(15)25-17/h2-9,17H,10-12H2,1H3,(H,20,22)(H,21,23)/t17-/m1/s1. The molecule has 26 heavy (non-hydrogen) atoms. The second-order valence-corrected chi connectivity index (χ2v) is 6.81. The number of hydrogen-bond acceptors (Lipinski definition) is 5. The Morgan fingerprint density at radius 1 is 1.08 bits per heavy atom. The summed E-state index contributed by atoms with van der Waals surface area (Å²) in [6.45, 7) is 2.14. The van der Waals surface area contributed by atoms with Crippen LogP contribution in [0.3, 0.4) is 0 Å². The number of benzene rings is 2. The van der Waals surface area contributed by atoms with Crippen molar-refractivity contribution in [2.75, 3.05) is 12.4 Å². The molecule has 1 aliphatic rings. The number of aryl methyl sites for hydroxylation is 1. The minimum Gasteiger partial charge on any atom is -0.485 e. The summed E-state index contributed by atoms with van der Waals surface area (Å²) in [5.41, 5.74) is 7.19. The van der Waals surface area contributed by atoms with Crippen LogP contribution in [0, 0.1) is 6.92 Å². The van der Waals surface area contributed by atoms with Crippen LogP contribution in [-0.2, 0) is 15.3 Å². The molecule has 0 unspecified atom stereocenters. The second-order valence-electron chi connectivity index (χ2n) is 5.82. The number of carbonyl (C=O) groups excluding carboxylic acids is 2. The van der Waals surface area contributed by atoms with Crippen LogP contribution in [0.2, 0.25) is 0 Å². The summed E-state index contributed by atoms with van der Waals surface area (Å²) in [4.78, 5) is 24.0. The monoisotopic (exact) mass is 372 g/mol. The molecule has 0 aliphatic carbocycles. The van der Waals surface area contributed by atoms with Gasteiger partial charge in [0.1, 0.15) is 6.61 Å². The van der Waals surface area contributed by atoms with E-state index in [1.54, 1.807) is 18.2 Å². The number of fused-ring (bicyclic) bond motifs is 1. The largest absolute Gasteiger partial charge is 0.485 e. The van der Waals surface area contributed by atoms with Crippen LogP contribution in [0.25, 0.3) is 0 Å². The average Bonchev–Trinajstić information content (AvgIpc) is 2.67. The maximum atomic E-state index is 12.1. The molecule has 7 heteroatoms. The number of thioether (sulfide) groups is 1. The van der Waals surface area contributed by atoms with Gasteiger partial charge in [0.05, 0.1) is 5.75 Å². The molecule has 0 saturated carbocycles. The molecule has 0 aromatic heterocycles. The predicted molar refractivity (Wildman–Crippen MR) is 100.0 cm³/mol. The lowest BCUT2D eigenvalue weighted by atomic mass is 10.1. The van der Waals surface area contributed by atoms with E-state index in [0.717, 1.165) is 5.75 Å². The summed E-state index contributed by atoms with van der Waals surface area (Å²) in [6, 6.07) is 15.2. The molecule has 0 saturated heterocycles. The molecule has 0 bridgehead atoms. The third kappa shape index (κ3) is 4.70. The lowest BCUT2D eigenvalue weighted by molar-refractivity contribution is -0.134. The fraction of sp³-hybridized carbons (Fsp3) is 0.263. The summed E-state index contributed by atoms with van der Waals surface area (Å²) < 4.78 is 11.1. The smallest absolute Gasteiger partial charge is 0.283 e. The van der Waals surface area contributed by atoms with Gasteiger partial charge < -0.3 is 9.47 Å². The maximum Gasteiger partial charge on any atom is 0.283 e. The van der Waals surface area contributed by atoms with Crippen LogP contribution >= 0.6 is 11.8 Å². The van der Waals surface area contributed by atoms with Crippen LogP contribution in [0.4, 0.5) is 0 Å². The van der Waals surface area contributed by atoms with E-state index in [2.05, 4.69) is 10.9 Å². The zero-order valence-corrected chi connectivity index (χ0v) is 15.2. The van der Waals surface area contributed by atoms with Crippen LogP contribution in [0.5, 0.6) is 11.5 Å². The van der Waals surface area contributed by atoms with E-state index in [4.69, 9.17) is 9.47 Å². The van der Waals surface area contributed by atoms with Crippen molar-refractivity contribution >= 4 is 23.6 Å². The lowest BCUT2D eigenvalue weighted by Gasteiger charge is -2.25. The first-order chi connectivity index (χ1) is 12.6. The Hall–Kier alpha value is -2.67. The van der Waals surface area contributed by atoms with Gasteiger partial charge in [-0.3, -0.25) is 20.4 Å². The van der Waals surface area contributed by atoms with Crippen molar-refractivity contribution in [2.45, 2.75) is 18.8 Å². The zero-order chi connectivity index (χ0) is 18.4. The Morgan fingerprint density at radius 2 is 1.81 bits per heavy atom. The van der Waals surface area contributed by atoms with E-state index in [0.29, 0.717) is 11.5 Å². The number of amides is 2. The third-order valence-corrected chi connectivity index (χ3v) is 4.86. The molecule has 136 valence electrons. The molecule has 2 amide bonds. The van der Waals surface area contributed by atoms with E-state index in [1.807, 2.05) is 37.3 Å². The van der Waals surface area contributed by atoms with Crippen LogP contribution in [0.1, 0.15) is 11.1 Å². The van der Waals surface area contributed by atoms with E-state index in [9.17, 15) is 9.59 Å². The minimum atomic E-state index is -0.801. The fourth-order valence-electron chi connectivity index (χ4n) is 2.42. The van der Waals surface area contributed by atoms with Gasteiger partial charge in [-0.2, -0.15) is 0 Å². The highest BCUT2D eigenvalue weighted by molar-refractivity contribution is 7.99. The summed E-state index contributed by atoms with van der Waals surface area (Å²) >= 11 is 1.49. The number of para-hydroxylation sites is 2. The van der Waals surface area contributed by atoms with Gasteiger partial charge in [0, 0.05) is 5.75 Å². The van der Waals surface area contributed by atoms with Gasteiger partial charge in [-0.05, 0) is 30.2 Å². The minimum absolute atomic E-state index is 0.0980. The van der Waals surface area contributed by atoms with Gasteiger partial charge in [0.25, 0.3) is 5.91 Å². The van der Waals surface area contributed by atoms with Gasteiger partial charge in [0.2, 0.25) is 12.0 Å². The van der Waals surface area contributed by atoms with Crippen LogP contribution in [0.15, 0.2) is 48.5 Å². The van der Waals surface area contributed by atoms with Crippen molar-refractivity contribution in [1.82, 2.24) is 10.9 Å². The molecule has 2 aromatic carbocycles. The first-order valence-electron chi connectivity index (χ1n) is 8.23. The quantitative estimate of drug-likeness (QED) is 0.787. The predicted octanol–water partition coefficient (Wildman–Crippen LogP) is 2.22. The summed E-state index contributed by atoms with van der Waals surface area (Å²) in [5.74, 6) is 1.39. The van der Waals surface area contributed by atoms with Crippen molar-refractivity contribution in [3.63, 3.8) is 0 Å². The molecule has 0 radical (unpaired) electrons. The van der Waals surface area contributed by atoms with Crippen molar-refractivity contribution in [3.05, 3.63) is 59.7 Å². The van der Waals surface area contributed by atoms with Gasteiger partial charge in [-0.25, -0.2) is 0 Å². The fourth-order valence-corrected chi connectivity index (χ4v) is 3.33. The molecule has 0 spiro atoms. The number of hydrazine groups is 1. The molecule has 1 heterocycles. The first kappa shape index (κ1) is 18.1. The van der Waals surface area contributed by atoms with Gasteiger partial charge in [-0.15, -0.1) is 11.8 Å². The van der Waals surface area contributed by atoms with Crippen molar-refractivity contribution in [2.24, 2.45) is 0 Å². The lowest BCUT2D eigenvalue weighted by Crippen LogP contribution is -2.51. The topological polar surface area (TPSA) is 76.7 Å². The Bertz CT molecular complexity index is 797. The Morgan fingerprint density at radius 3 is 2.62 bits per heavy atom. The highest BCUT2D eigenvalue weighted by Gasteiger charge is 2.27. The van der Waals surface area contributed by atoms with Gasteiger partial charge >= 0.3 is 0 Å². The van der Waals surface area contributed by atoms with E-state index in [1.165, 1.54) is 22.9 Å². The van der Waals surface area contributed by atoms with Crippen LogP contribution < -0.4 is 20.3 Å². The van der Waals surface area contributed by atoms with E-state index < -0.39 is 12.0 Å². The number of rotatable bonds is 5. The van der Waals surface area contributed by atoms with Crippen LogP contribution in [-0.4, -0.2) is 30.3 Å². The Balaban J connectivity index is 1.39. The number of nitrogens with one attached hydrogen (secondary N) is 2. The highest BCUT2D eigenvalue weighted by atomic mass is 32.2. The molecule has 0 fully saturated rings. The van der Waals surface area contributed by atoms with Gasteiger partial charge in [0.15, 0.2) is 11.5 Å². The molecule has 1 aliphatic heterocycles.